The Morgan fingerprint density at radius 1 is 1.19 bits per heavy atom. The molecule has 0 bridgehead atoms. The van der Waals surface area contributed by atoms with Crippen molar-refractivity contribution in [3.05, 3.63) is 65.8 Å². The molecule has 1 heteroatoms. The maximum atomic E-state index is 3.80. The van der Waals surface area contributed by atoms with Crippen molar-refractivity contribution >= 4 is 6.08 Å². The van der Waals surface area contributed by atoms with Crippen LogP contribution in [0.3, 0.4) is 0 Å². The van der Waals surface area contributed by atoms with Crippen LogP contribution in [0, 0.1) is 0 Å². The molecule has 0 aliphatic heterocycles. The van der Waals surface area contributed by atoms with Gasteiger partial charge in [0.05, 0.1) is 0 Å². The second-order valence-electron chi connectivity index (χ2n) is 3.18. The first-order chi connectivity index (χ1) is 7.40. The van der Waals surface area contributed by atoms with Crippen LogP contribution < -0.4 is 6.15 Å². The molecule has 0 spiro atoms. The van der Waals surface area contributed by atoms with Gasteiger partial charge in [-0.1, -0.05) is 69.0 Å². The molecule has 86 valence electrons. The Labute approximate surface area is 98.8 Å². The van der Waals surface area contributed by atoms with E-state index in [-0.39, 0.29) is 6.15 Å². The summed E-state index contributed by atoms with van der Waals surface area (Å²) in [6.45, 7) is 7.80. The van der Waals surface area contributed by atoms with Crippen LogP contribution in [0.5, 0.6) is 0 Å². The lowest BCUT2D eigenvalue weighted by molar-refractivity contribution is 1.20. The lowest BCUT2D eigenvalue weighted by Crippen LogP contribution is -1.88. The number of benzene rings is 1. The molecule has 0 heterocycles. The van der Waals surface area contributed by atoms with E-state index in [0.717, 1.165) is 6.42 Å². The predicted molar refractivity (Wildman–Crippen MR) is 73.8 cm³/mol. The van der Waals surface area contributed by atoms with Crippen LogP contribution in [0.2, 0.25) is 0 Å². The highest BCUT2D eigenvalue weighted by Crippen LogP contribution is 2.18. The van der Waals surface area contributed by atoms with Gasteiger partial charge in [0.25, 0.3) is 0 Å². The van der Waals surface area contributed by atoms with E-state index in [0.29, 0.717) is 0 Å². The first-order valence-electron chi connectivity index (χ1n) is 5.48. The van der Waals surface area contributed by atoms with E-state index < -0.39 is 0 Å². The fourth-order valence-corrected chi connectivity index (χ4v) is 1.55. The number of allylic oxidation sites excluding steroid dienone is 4. The van der Waals surface area contributed by atoms with Gasteiger partial charge < -0.3 is 6.15 Å². The number of hydrogen-bond acceptors (Lipinski definition) is 1. The van der Waals surface area contributed by atoms with Gasteiger partial charge >= 0.3 is 0 Å². The van der Waals surface area contributed by atoms with Crippen LogP contribution in [0.15, 0.2) is 54.6 Å². The highest BCUT2D eigenvalue weighted by Gasteiger charge is 2.02. The average molecular weight is 215 g/mol. The smallest absolute Gasteiger partial charge is 0.00200 e. The molecular formula is C15H21N. The van der Waals surface area contributed by atoms with Gasteiger partial charge in [-0.05, 0) is 23.1 Å². The molecule has 0 radical (unpaired) electrons. The van der Waals surface area contributed by atoms with Gasteiger partial charge in [-0.25, -0.2) is 0 Å². The van der Waals surface area contributed by atoms with E-state index in [1.165, 1.54) is 16.7 Å². The van der Waals surface area contributed by atoms with Gasteiger partial charge in [0, 0.05) is 0 Å². The van der Waals surface area contributed by atoms with Gasteiger partial charge in [-0.15, -0.1) is 0 Å². The van der Waals surface area contributed by atoms with Crippen LogP contribution in [0.1, 0.15) is 25.0 Å². The summed E-state index contributed by atoms with van der Waals surface area (Å²) in [7, 11) is 0. The predicted octanol–water partition coefficient (Wildman–Crippen LogP) is 4.56. The molecule has 0 atom stereocenters. The number of fused-ring (bicyclic) bond motifs is 1. The highest BCUT2D eigenvalue weighted by molar-refractivity contribution is 5.59. The minimum Gasteiger partial charge on any atom is -0.344 e. The molecule has 1 aromatic carbocycles. The van der Waals surface area contributed by atoms with E-state index in [9.17, 15) is 0 Å². The van der Waals surface area contributed by atoms with E-state index in [1.807, 2.05) is 19.9 Å². The minimum atomic E-state index is 0. The van der Waals surface area contributed by atoms with Crippen molar-refractivity contribution in [1.82, 2.24) is 6.15 Å². The van der Waals surface area contributed by atoms with Crippen LogP contribution in [0.25, 0.3) is 6.08 Å². The second kappa shape index (κ2) is 7.66. The number of hydrogen-bond donors (Lipinski definition) is 1. The van der Waals surface area contributed by atoms with Crippen molar-refractivity contribution < 1.29 is 0 Å². The Kier molecular flexibility index (Phi) is 6.89. The third-order valence-electron chi connectivity index (χ3n) is 2.30. The maximum absolute atomic E-state index is 3.80. The molecule has 3 N–H and O–H groups in total. The molecule has 2 rings (SSSR count). The normalized spacial score (nSPS) is 12.0. The minimum absolute atomic E-state index is 0. The molecule has 0 saturated carbocycles. The molecule has 0 amide bonds. The van der Waals surface area contributed by atoms with Gasteiger partial charge in [0.15, 0.2) is 0 Å². The molecule has 1 aromatic rings. The quantitative estimate of drug-likeness (QED) is 0.732. The summed E-state index contributed by atoms with van der Waals surface area (Å²) in [5, 5.41) is 0. The average Bonchev–Trinajstić information content (AvgIpc) is 2.53. The summed E-state index contributed by atoms with van der Waals surface area (Å²) in [6, 6.07) is 8.47. The summed E-state index contributed by atoms with van der Waals surface area (Å²) in [5.74, 6) is 0. The van der Waals surface area contributed by atoms with Gasteiger partial charge in [0.1, 0.15) is 0 Å². The van der Waals surface area contributed by atoms with Crippen molar-refractivity contribution in [2.75, 3.05) is 0 Å². The highest BCUT2D eigenvalue weighted by atomic mass is 14.1. The van der Waals surface area contributed by atoms with Crippen LogP contribution in [0.4, 0.5) is 0 Å². The van der Waals surface area contributed by atoms with Crippen LogP contribution in [-0.4, -0.2) is 0 Å². The fourth-order valence-electron chi connectivity index (χ4n) is 1.55. The number of rotatable bonds is 1. The second-order valence-corrected chi connectivity index (χ2v) is 3.18. The van der Waals surface area contributed by atoms with Gasteiger partial charge in [0.2, 0.25) is 0 Å². The zero-order valence-electron chi connectivity index (χ0n) is 10.2. The maximum Gasteiger partial charge on any atom is -0.00200 e. The largest absolute Gasteiger partial charge is 0.344 e. The summed E-state index contributed by atoms with van der Waals surface area (Å²) in [5.41, 5.74) is 3.97. The van der Waals surface area contributed by atoms with Crippen molar-refractivity contribution in [2.24, 2.45) is 0 Å². The van der Waals surface area contributed by atoms with E-state index >= 15 is 0 Å². The molecule has 1 aliphatic carbocycles. The Morgan fingerprint density at radius 3 is 2.56 bits per heavy atom. The molecule has 1 nitrogen and oxygen atoms in total. The third-order valence-corrected chi connectivity index (χ3v) is 2.30. The van der Waals surface area contributed by atoms with Gasteiger partial charge in [-0.2, -0.15) is 0 Å². The first-order valence-corrected chi connectivity index (χ1v) is 5.48. The van der Waals surface area contributed by atoms with Crippen molar-refractivity contribution in [3.8, 4) is 0 Å². The van der Waals surface area contributed by atoms with Crippen LogP contribution in [-0.2, 0) is 6.42 Å². The van der Waals surface area contributed by atoms with E-state index in [4.69, 9.17) is 0 Å². The Balaban J connectivity index is 0.000000711. The summed E-state index contributed by atoms with van der Waals surface area (Å²) < 4.78 is 0. The molecule has 16 heavy (non-hydrogen) atoms. The third kappa shape index (κ3) is 3.52. The monoisotopic (exact) mass is 215 g/mol. The van der Waals surface area contributed by atoms with Crippen molar-refractivity contribution in [3.63, 3.8) is 0 Å². The Morgan fingerprint density at radius 2 is 1.88 bits per heavy atom. The molecule has 0 saturated heterocycles. The Bertz CT molecular complexity index is 386. The van der Waals surface area contributed by atoms with Gasteiger partial charge in [-0.3, -0.25) is 0 Å². The standard InChI is InChI=1S/C13H12.C2H6.H3N/c1-2-11-6-5-9-12-7-3-4-8-13(12)10-11;1-2;/h2-9H,1,10H2;1-2H3;1H3. The Hall–Kier alpha value is -1.60. The molecule has 0 unspecified atom stereocenters. The zero-order valence-corrected chi connectivity index (χ0v) is 10.2. The summed E-state index contributed by atoms with van der Waals surface area (Å²) >= 11 is 0. The topological polar surface area (TPSA) is 35.0 Å². The van der Waals surface area contributed by atoms with Crippen molar-refractivity contribution in [2.45, 2.75) is 20.3 Å². The first kappa shape index (κ1) is 14.4. The SMILES string of the molecule is C=CC1=CC=Cc2ccccc2C1.CC.N. The van der Waals surface area contributed by atoms with Crippen molar-refractivity contribution in [1.29, 1.82) is 0 Å². The van der Waals surface area contributed by atoms with E-state index in [1.54, 1.807) is 0 Å². The molecule has 1 aliphatic rings. The van der Waals surface area contributed by atoms with Crippen LogP contribution >= 0.6 is 0 Å². The zero-order chi connectivity index (χ0) is 11.1. The molecular weight excluding hydrogens is 194 g/mol. The molecule has 0 fully saturated rings. The lowest BCUT2D eigenvalue weighted by atomic mass is 10.0. The van der Waals surface area contributed by atoms with E-state index in [2.05, 4.69) is 49.1 Å². The molecule has 0 aromatic heterocycles. The summed E-state index contributed by atoms with van der Waals surface area (Å²) in [6.07, 6.45) is 9.26. The summed E-state index contributed by atoms with van der Waals surface area (Å²) in [4.78, 5) is 0. The lowest BCUT2D eigenvalue weighted by Gasteiger charge is -2.03. The fraction of sp³-hybridized carbons (Fsp3) is 0.200.